The Balaban J connectivity index is 1.75. The molecule has 1 amide bonds. The largest absolute Gasteiger partial charge is 0.348 e. The van der Waals surface area contributed by atoms with Gasteiger partial charge in [-0.25, -0.2) is 0 Å². The Hall–Kier alpha value is -1.30. The predicted octanol–water partition coefficient (Wildman–Crippen LogP) is 1.45. The van der Waals surface area contributed by atoms with Crippen molar-refractivity contribution in [2.75, 3.05) is 25.1 Å². The monoisotopic (exact) mass is 294 g/mol. The minimum atomic E-state index is -0.112. The number of anilines is 1. The van der Waals surface area contributed by atoms with E-state index in [2.05, 4.69) is 15.6 Å². The molecule has 5 nitrogen and oxygen atoms in total. The van der Waals surface area contributed by atoms with Gasteiger partial charge in [0.1, 0.15) is 0 Å². The first-order valence-electron chi connectivity index (χ1n) is 6.97. The van der Waals surface area contributed by atoms with E-state index in [-0.39, 0.29) is 11.9 Å². The predicted molar refractivity (Wildman–Crippen MR) is 79.7 cm³/mol. The first-order chi connectivity index (χ1) is 9.67. The van der Waals surface area contributed by atoms with Gasteiger partial charge in [-0.3, -0.25) is 10.6 Å². The van der Waals surface area contributed by atoms with Crippen molar-refractivity contribution in [1.29, 1.82) is 0 Å². The highest BCUT2D eigenvalue weighted by molar-refractivity contribution is 6.31. The van der Waals surface area contributed by atoms with Gasteiger partial charge in [0.25, 0.3) is 5.91 Å². The SMILES string of the molecule is NNc1ccc(Cl)cc1C(=O)NC1CN2CCC1CC2. The summed E-state index contributed by atoms with van der Waals surface area (Å²) in [7, 11) is 0. The maximum Gasteiger partial charge on any atom is 0.253 e. The number of hydrogen-bond acceptors (Lipinski definition) is 4. The number of carbonyl (C=O) groups is 1. The normalized spacial score (nSPS) is 28.2. The van der Waals surface area contributed by atoms with Crippen molar-refractivity contribution in [1.82, 2.24) is 10.2 Å². The summed E-state index contributed by atoms with van der Waals surface area (Å²) < 4.78 is 0. The molecule has 3 aliphatic heterocycles. The molecule has 1 aromatic rings. The van der Waals surface area contributed by atoms with Gasteiger partial charge < -0.3 is 15.6 Å². The van der Waals surface area contributed by atoms with Crippen molar-refractivity contribution >= 4 is 23.2 Å². The Morgan fingerprint density at radius 1 is 1.35 bits per heavy atom. The number of nitrogens with one attached hydrogen (secondary N) is 2. The van der Waals surface area contributed by atoms with Crippen molar-refractivity contribution in [2.45, 2.75) is 18.9 Å². The van der Waals surface area contributed by atoms with Crippen LogP contribution in [0.2, 0.25) is 5.02 Å². The second-order valence-electron chi connectivity index (χ2n) is 5.55. The molecule has 0 aliphatic carbocycles. The van der Waals surface area contributed by atoms with Crippen LogP contribution < -0.4 is 16.6 Å². The lowest BCUT2D eigenvalue weighted by atomic mass is 9.84. The highest BCUT2D eigenvalue weighted by Gasteiger charge is 2.35. The maximum atomic E-state index is 12.4. The van der Waals surface area contributed by atoms with Crippen molar-refractivity contribution in [2.24, 2.45) is 11.8 Å². The number of piperidine rings is 3. The molecule has 6 heteroatoms. The Kier molecular flexibility index (Phi) is 3.83. The molecule has 1 atom stereocenters. The van der Waals surface area contributed by atoms with Crippen LogP contribution in [0, 0.1) is 5.92 Å². The fourth-order valence-corrected chi connectivity index (χ4v) is 3.38. The molecule has 2 bridgehead atoms. The van der Waals surface area contributed by atoms with E-state index in [4.69, 9.17) is 17.4 Å². The molecule has 1 unspecified atom stereocenters. The number of rotatable bonds is 3. The van der Waals surface area contributed by atoms with Gasteiger partial charge in [-0.15, -0.1) is 0 Å². The van der Waals surface area contributed by atoms with Crippen LogP contribution in [0.25, 0.3) is 0 Å². The second kappa shape index (κ2) is 5.60. The number of hydrazine groups is 1. The van der Waals surface area contributed by atoms with Gasteiger partial charge in [0, 0.05) is 17.6 Å². The Morgan fingerprint density at radius 3 is 2.70 bits per heavy atom. The molecule has 3 heterocycles. The summed E-state index contributed by atoms with van der Waals surface area (Å²) in [5.74, 6) is 5.93. The van der Waals surface area contributed by atoms with E-state index in [9.17, 15) is 4.79 Å². The third-order valence-corrected chi connectivity index (χ3v) is 4.59. The average molecular weight is 295 g/mol. The number of benzene rings is 1. The molecule has 20 heavy (non-hydrogen) atoms. The van der Waals surface area contributed by atoms with E-state index in [1.165, 1.54) is 12.8 Å². The van der Waals surface area contributed by atoms with Gasteiger partial charge in [0.05, 0.1) is 11.3 Å². The lowest BCUT2D eigenvalue weighted by Gasteiger charge is -2.44. The van der Waals surface area contributed by atoms with Crippen LogP contribution >= 0.6 is 11.6 Å². The number of amides is 1. The van der Waals surface area contributed by atoms with Crippen molar-refractivity contribution < 1.29 is 4.79 Å². The quantitative estimate of drug-likeness (QED) is 0.583. The van der Waals surface area contributed by atoms with Crippen LogP contribution in [-0.2, 0) is 0 Å². The Morgan fingerprint density at radius 2 is 2.10 bits per heavy atom. The molecular weight excluding hydrogens is 276 g/mol. The van der Waals surface area contributed by atoms with E-state index >= 15 is 0 Å². The first kappa shape index (κ1) is 13.7. The van der Waals surface area contributed by atoms with Crippen LogP contribution in [0.3, 0.4) is 0 Å². The number of nitrogens with two attached hydrogens (primary N) is 1. The van der Waals surface area contributed by atoms with Gasteiger partial charge in [-0.2, -0.15) is 0 Å². The lowest BCUT2D eigenvalue weighted by Crippen LogP contribution is -2.57. The molecule has 3 aliphatic rings. The maximum absolute atomic E-state index is 12.4. The molecule has 108 valence electrons. The lowest BCUT2D eigenvalue weighted by molar-refractivity contribution is 0.0621. The van der Waals surface area contributed by atoms with E-state index in [1.807, 2.05) is 0 Å². The van der Waals surface area contributed by atoms with E-state index < -0.39 is 0 Å². The van der Waals surface area contributed by atoms with Crippen LogP contribution in [-0.4, -0.2) is 36.5 Å². The summed E-state index contributed by atoms with van der Waals surface area (Å²) in [5, 5.41) is 3.66. The van der Waals surface area contributed by atoms with Crippen molar-refractivity contribution in [3.8, 4) is 0 Å². The van der Waals surface area contributed by atoms with Crippen LogP contribution in [0.4, 0.5) is 5.69 Å². The molecule has 1 aromatic carbocycles. The van der Waals surface area contributed by atoms with Gasteiger partial charge in [0.2, 0.25) is 0 Å². The number of hydrogen-bond donors (Lipinski definition) is 3. The molecular formula is C14H19ClN4O. The fourth-order valence-electron chi connectivity index (χ4n) is 3.20. The van der Waals surface area contributed by atoms with Crippen LogP contribution in [0.5, 0.6) is 0 Å². The van der Waals surface area contributed by atoms with Crippen molar-refractivity contribution in [3.63, 3.8) is 0 Å². The zero-order valence-electron chi connectivity index (χ0n) is 11.2. The molecule has 3 saturated heterocycles. The topological polar surface area (TPSA) is 70.4 Å². The standard InChI is InChI=1S/C14H19ClN4O/c15-10-1-2-12(18-16)11(7-10)14(20)17-13-8-19-5-3-9(13)4-6-19/h1-2,7,9,13,18H,3-6,8,16H2,(H,17,20). The van der Waals surface area contributed by atoms with Crippen LogP contribution in [0.1, 0.15) is 23.2 Å². The Bertz CT molecular complexity index is 514. The molecule has 0 spiro atoms. The molecule has 0 radical (unpaired) electrons. The minimum Gasteiger partial charge on any atom is -0.348 e. The second-order valence-corrected chi connectivity index (χ2v) is 5.99. The summed E-state index contributed by atoms with van der Waals surface area (Å²) in [6, 6.07) is 5.30. The van der Waals surface area contributed by atoms with Gasteiger partial charge in [0.15, 0.2) is 0 Å². The van der Waals surface area contributed by atoms with Crippen LogP contribution in [0.15, 0.2) is 18.2 Å². The van der Waals surface area contributed by atoms with Gasteiger partial charge in [-0.05, 0) is 50.0 Å². The number of nitrogen functional groups attached to an aromatic ring is 1. The highest BCUT2D eigenvalue weighted by Crippen LogP contribution is 2.28. The minimum absolute atomic E-state index is 0.112. The van der Waals surface area contributed by atoms with E-state index in [0.717, 1.165) is 19.6 Å². The number of carbonyl (C=O) groups excluding carboxylic acids is 1. The van der Waals surface area contributed by atoms with Crippen molar-refractivity contribution in [3.05, 3.63) is 28.8 Å². The zero-order chi connectivity index (χ0) is 14.1. The fraction of sp³-hybridized carbons (Fsp3) is 0.500. The molecule has 4 N–H and O–H groups in total. The number of fused-ring (bicyclic) bond motifs is 3. The molecule has 3 fully saturated rings. The smallest absolute Gasteiger partial charge is 0.253 e. The van der Waals surface area contributed by atoms with E-state index in [0.29, 0.717) is 22.2 Å². The first-order valence-corrected chi connectivity index (χ1v) is 7.34. The summed E-state index contributed by atoms with van der Waals surface area (Å²) in [4.78, 5) is 14.8. The molecule has 4 rings (SSSR count). The summed E-state index contributed by atoms with van der Waals surface area (Å²) in [6.07, 6.45) is 2.34. The number of nitrogens with zero attached hydrogens (tertiary/aromatic N) is 1. The summed E-state index contributed by atoms with van der Waals surface area (Å²) in [5.41, 5.74) is 3.63. The molecule has 0 saturated carbocycles. The summed E-state index contributed by atoms with van der Waals surface area (Å²) >= 11 is 5.97. The number of halogens is 1. The zero-order valence-corrected chi connectivity index (χ0v) is 12.0. The van der Waals surface area contributed by atoms with Gasteiger partial charge >= 0.3 is 0 Å². The Labute approximate surface area is 123 Å². The average Bonchev–Trinajstić information content (AvgIpc) is 2.48. The van der Waals surface area contributed by atoms with Gasteiger partial charge in [-0.1, -0.05) is 11.6 Å². The molecule has 0 aromatic heterocycles. The van der Waals surface area contributed by atoms with E-state index in [1.54, 1.807) is 18.2 Å². The third kappa shape index (κ3) is 2.61. The summed E-state index contributed by atoms with van der Waals surface area (Å²) in [6.45, 7) is 3.26. The third-order valence-electron chi connectivity index (χ3n) is 4.35. The highest BCUT2D eigenvalue weighted by atomic mass is 35.5.